The van der Waals surface area contributed by atoms with Crippen molar-refractivity contribution in [3.05, 3.63) is 34.3 Å². The summed E-state index contributed by atoms with van der Waals surface area (Å²) in [5.41, 5.74) is 7.35. The fourth-order valence-corrected chi connectivity index (χ4v) is 3.42. The molecule has 0 bridgehead atoms. The molecule has 3 N–H and O–H groups in total. The second kappa shape index (κ2) is 5.24. The standard InChI is InChI=1S/C11H14N4O2S2/c1-7-3-4-10(5-9(7)6-12)19(16,17)15-11-14-13-8(2)18-11/h3-5H,6,12H2,1-2H3,(H,14,15). The van der Waals surface area contributed by atoms with Crippen molar-refractivity contribution in [1.82, 2.24) is 10.2 Å². The van der Waals surface area contributed by atoms with E-state index in [1.807, 2.05) is 6.92 Å². The summed E-state index contributed by atoms with van der Waals surface area (Å²) in [6.45, 7) is 3.95. The molecule has 0 spiro atoms. The number of nitrogens with zero attached hydrogens (tertiary/aromatic N) is 2. The van der Waals surface area contributed by atoms with Crippen LogP contribution in [-0.4, -0.2) is 18.6 Å². The average molecular weight is 298 g/mol. The van der Waals surface area contributed by atoms with Crippen LogP contribution < -0.4 is 10.5 Å². The van der Waals surface area contributed by atoms with E-state index in [-0.39, 0.29) is 10.0 Å². The Kier molecular flexibility index (Phi) is 3.83. The van der Waals surface area contributed by atoms with Gasteiger partial charge < -0.3 is 5.73 Å². The Balaban J connectivity index is 2.34. The molecule has 0 aliphatic rings. The van der Waals surface area contributed by atoms with Gasteiger partial charge in [0.1, 0.15) is 5.01 Å². The van der Waals surface area contributed by atoms with E-state index in [4.69, 9.17) is 5.73 Å². The molecular formula is C11H14N4O2S2. The number of hydrogen-bond donors (Lipinski definition) is 2. The van der Waals surface area contributed by atoms with E-state index in [2.05, 4.69) is 14.9 Å². The molecule has 0 aliphatic heterocycles. The van der Waals surface area contributed by atoms with Crippen LogP contribution in [0.25, 0.3) is 0 Å². The predicted molar refractivity (Wildman–Crippen MR) is 74.5 cm³/mol. The molecule has 0 aliphatic carbocycles. The first kappa shape index (κ1) is 13.9. The van der Waals surface area contributed by atoms with Crippen molar-refractivity contribution in [1.29, 1.82) is 0 Å². The monoisotopic (exact) mass is 298 g/mol. The summed E-state index contributed by atoms with van der Waals surface area (Å²) in [7, 11) is -3.65. The van der Waals surface area contributed by atoms with Gasteiger partial charge in [0.05, 0.1) is 4.90 Å². The molecule has 2 rings (SSSR count). The minimum absolute atomic E-state index is 0.173. The van der Waals surface area contributed by atoms with E-state index in [0.717, 1.165) is 11.1 Å². The Bertz CT molecular complexity index is 694. The van der Waals surface area contributed by atoms with Gasteiger partial charge in [0.2, 0.25) is 5.13 Å². The SMILES string of the molecule is Cc1nnc(NS(=O)(=O)c2ccc(C)c(CN)c2)s1. The number of benzene rings is 1. The van der Waals surface area contributed by atoms with Gasteiger partial charge in [0, 0.05) is 6.54 Å². The van der Waals surface area contributed by atoms with Crippen molar-refractivity contribution in [2.75, 3.05) is 4.72 Å². The quantitative estimate of drug-likeness (QED) is 0.889. The molecule has 2 aromatic rings. The first-order chi connectivity index (χ1) is 8.92. The summed E-state index contributed by atoms with van der Waals surface area (Å²) in [4.78, 5) is 0.173. The highest BCUT2D eigenvalue weighted by molar-refractivity contribution is 7.93. The van der Waals surface area contributed by atoms with E-state index in [1.54, 1.807) is 25.1 Å². The molecule has 102 valence electrons. The van der Waals surface area contributed by atoms with Crippen LogP contribution in [0.1, 0.15) is 16.1 Å². The normalized spacial score (nSPS) is 11.5. The lowest BCUT2D eigenvalue weighted by Crippen LogP contribution is -2.13. The lowest BCUT2D eigenvalue weighted by molar-refractivity contribution is 0.601. The minimum Gasteiger partial charge on any atom is -0.326 e. The van der Waals surface area contributed by atoms with E-state index >= 15 is 0 Å². The van der Waals surface area contributed by atoms with E-state index < -0.39 is 10.0 Å². The second-order valence-electron chi connectivity index (χ2n) is 4.02. The van der Waals surface area contributed by atoms with Gasteiger partial charge in [-0.1, -0.05) is 17.4 Å². The number of nitrogens with one attached hydrogen (secondary N) is 1. The highest BCUT2D eigenvalue weighted by Crippen LogP contribution is 2.21. The van der Waals surface area contributed by atoms with Gasteiger partial charge in [-0.05, 0) is 37.1 Å². The number of hydrogen-bond acceptors (Lipinski definition) is 6. The molecule has 1 heterocycles. The number of aryl methyl sites for hydroxylation is 2. The van der Waals surface area contributed by atoms with Gasteiger partial charge in [-0.2, -0.15) is 0 Å². The van der Waals surface area contributed by atoms with Crippen LogP contribution in [0, 0.1) is 13.8 Å². The molecule has 19 heavy (non-hydrogen) atoms. The van der Waals surface area contributed by atoms with Crippen LogP contribution in [0.3, 0.4) is 0 Å². The van der Waals surface area contributed by atoms with Gasteiger partial charge in [0.25, 0.3) is 10.0 Å². The first-order valence-corrected chi connectivity index (χ1v) is 7.85. The molecule has 0 saturated heterocycles. The lowest BCUT2D eigenvalue weighted by Gasteiger charge is -2.08. The number of nitrogens with two attached hydrogens (primary N) is 1. The minimum atomic E-state index is -3.65. The van der Waals surface area contributed by atoms with Crippen LogP contribution in [0.5, 0.6) is 0 Å². The van der Waals surface area contributed by atoms with E-state index in [9.17, 15) is 8.42 Å². The van der Waals surface area contributed by atoms with Crippen LogP contribution in [0.4, 0.5) is 5.13 Å². The van der Waals surface area contributed by atoms with Crippen molar-refractivity contribution in [2.24, 2.45) is 5.73 Å². The highest BCUT2D eigenvalue weighted by atomic mass is 32.2. The molecule has 0 unspecified atom stereocenters. The van der Waals surface area contributed by atoms with Crippen molar-refractivity contribution >= 4 is 26.5 Å². The zero-order chi connectivity index (χ0) is 14.0. The lowest BCUT2D eigenvalue weighted by atomic mass is 10.1. The number of rotatable bonds is 4. The van der Waals surface area contributed by atoms with Crippen LogP contribution in [-0.2, 0) is 16.6 Å². The zero-order valence-corrected chi connectivity index (χ0v) is 12.2. The molecule has 0 saturated carbocycles. The number of sulfonamides is 1. The summed E-state index contributed by atoms with van der Waals surface area (Å²) < 4.78 is 26.8. The smallest absolute Gasteiger partial charge is 0.263 e. The molecule has 1 aromatic carbocycles. The van der Waals surface area contributed by atoms with Crippen molar-refractivity contribution in [2.45, 2.75) is 25.3 Å². The van der Waals surface area contributed by atoms with E-state index in [0.29, 0.717) is 11.6 Å². The molecule has 8 heteroatoms. The van der Waals surface area contributed by atoms with Crippen LogP contribution >= 0.6 is 11.3 Å². The Labute approximate surface area is 115 Å². The fourth-order valence-electron chi connectivity index (χ4n) is 1.55. The van der Waals surface area contributed by atoms with Gasteiger partial charge in [-0.3, -0.25) is 4.72 Å². The molecule has 1 aromatic heterocycles. The van der Waals surface area contributed by atoms with Gasteiger partial charge >= 0.3 is 0 Å². The topological polar surface area (TPSA) is 98.0 Å². The maximum Gasteiger partial charge on any atom is 0.263 e. The summed E-state index contributed by atoms with van der Waals surface area (Å²) in [6.07, 6.45) is 0. The van der Waals surface area contributed by atoms with Gasteiger partial charge in [-0.25, -0.2) is 8.42 Å². The summed E-state index contributed by atoms with van der Waals surface area (Å²) in [6, 6.07) is 4.86. The Hall–Kier alpha value is -1.51. The Morgan fingerprint density at radius 3 is 2.63 bits per heavy atom. The summed E-state index contributed by atoms with van der Waals surface area (Å²) in [5.74, 6) is 0. The first-order valence-electron chi connectivity index (χ1n) is 5.55. The van der Waals surface area contributed by atoms with Crippen LogP contribution in [0.15, 0.2) is 23.1 Å². The molecule has 0 amide bonds. The van der Waals surface area contributed by atoms with Crippen molar-refractivity contribution in [3.8, 4) is 0 Å². The molecule has 0 fully saturated rings. The third-order valence-electron chi connectivity index (χ3n) is 2.60. The average Bonchev–Trinajstić information content (AvgIpc) is 2.74. The number of aromatic nitrogens is 2. The van der Waals surface area contributed by atoms with E-state index in [1.165, 1.54) is 11.3 Å². The maximum absolute atomic E-state index is 12.2. The third-order valence-corrected chi connectivity index (χ3v) is 4.82. The highest BCUT2D eigenvalue weighted by Gasteiger charge is 2.17. The Morgan fingerprint density at radius 2 is 2.05 bits per heavy atom. The molecule has 0 atom stereocenters. The Morgan fingerprint density at radius 1 is 1.32 bits per heavy atom. The largest absolute Gasteiger partial charge is 0.326 e. The summed E-state index contributed by atoms with van der Waals surface area (Å²) >= 11 is 1.19. The predicted octanol–water partition coefficient (Wildman–Crippen LogP) is 1.41. The summed E-state index contributed by atoms with van der Waals surface area (Å²) in [5, 5.41) is 8.46. The maximum atomic E-state index is 12.2. The van der Waals surface area contributed by atoms with Gasteiger partial charge in [-0.15, -0.1) is 10.2 Å². The van der Waals surface area contributed by atoms with Crippen LogP contribution in [0.2, 0.25) is 0 Å². The fraction of sp³-hybridized carbons (Fsp3) is 0.273. The molecule has 0 radical (unpaired) electrons. The van der Waals surface area contributed by atoms with Crippen molar-refractivity contribution in [3.63, 3.8) is 0 Å². The van der Waals surface area contributed by atoms with Crippen molar-refractivity contribution < 1.29 is 8.42 Å². The molecule has 6 nitrogen and oxygen atoms in total. The third kappa shape index (κ3) is 3.09. The molecular weight excluding hydrogens is 284 g/mol. The second-order valence-corrected chi connectivity index (χ2v) is 6.89. The number of anilines is 1. The van der Waals surface area contributed by atoms with Gasteiger partial charge in [0.15, 0.2) is 0 Å². The zero-order valence-electron chi connectivity index (χ0n) is 10.5.